The molecule has 2 atom stereocenters. The highest BCUT2D eigenvalue weighted by atomic mass is 32.2. The Morgan fingerprint density at radius 2 is 1.18 bits per heavy atom. The molecular weight excluding hydrogens is 384 g/mol. The molecule has 0 aliphatic rings. The molecule has 0 amide bonds. The molecule has 0 aromatic heterocycles. The predicted octanol–water partition coefficient (Wildman–Crippen LogP) is 4.12. The third-order valence-corrected chi connectivity index (χ3v) is 4.73. The van der Waals surface area contributed by atoms with E-state index < -0.39 is 27.0 Å². The van der Waals surface area contributed by atoms with E-state index in [0.29, 0.717) is 24.7 Å². The van der Waals surface area contributed by atoms with Crippen molar-refractivity contribution >= 4 is 22.1 Å². The lowest BCUT2D eigenvalue weighted by Crippen LogP contribution is -2.20. The minimum absolute atomic E-state index is 0.144. The maximum Gasteiger partial charge on any atom is 0.338 e. The SMILES string of the molecule is CC(C)CC(C)OC(=O)c1cc(C(=O)OC(C)CC(C)C)cc(S(=O)(=O)O)c1. The zero-order valence-corrected chi connectivity index (χ0v) is 18.1. The molecule has 8 heteroatoms. The van der Waals surface area contributed by atoms with Gasteiger partial charge in [-0.2, -0.15) is 8.42 Å². The Bertz CT molecular complexity index is 749. The summed E-state index contributed by atoms with van der Waals surface area (Å²) in [4.78, 5) is 24.2. The van der Waals surface area contributed by atoms with Crippen molar-refractivity contribution in [2.75, 3.05) is 0 Å². The molecule has 0 spiro atoms. The van der Waals surface area contributed by atoms with Gasteiger partial charge in [-0.1, -0.05) is 27.7 Å². The van der Waals surface area contributed by atoms with E-state index in [1.807, 2.05) is 27.7 Å². The molecule has 1 N–H and O–H groups in total. The van der Waals surface area contributed by atoms with Gasteiger partial charge in [0, 0.05) is 0 Å². The summed E-state index contributed by atoms with van der Waals surface area (Å²) in [6.07, 6.45) is 0.489. The fraction of sp³-hybridized carbons (Fsp3) is 0.600. The first-order valence-corrected chi connectivity index (χ1v) is 10.8. The topological polar surface area (TPSA) is 107 Å². The number of hydrogen-bond donors (Lipinski definition) is 1. The molecule has 0 radical (unpaired) electrons. The van der Waals surface area contributed by atoms with Crippen LogP contribution in [0.4, 0.5) is 0 Å². The number of ether oxygens (including phenoxy) is 2. The van der Waals surface area contributed by atoms with Crippen LogP contribution in [0.5, 0.6) is 0 Å². The summed E-state index contributed by atoms with van der Waals surface area (Å²) in [6.45, 7) is 11.4. The Labute approximate surface area is 167 Å². The lowest BCUT2D eigenvalue weighted by molar-refractivity contribution is 0.0299. The Hall–Kier alpha value is -1.93. The summed E-state index contributed by atoms with van der Waals surface area (Å²) in [5.74, 6) is -0.939. The number of hydrogen-bond acceptors (Lipinski definition) is 6. The average Bonchev–Trinajstić information content (AvgIpc) is 2.51. The van der Waals surface area contributed by atoms with Crippen LogP contribution in [-0.4, -0.2) is 37.1 Å². The minimum atomic E-state index is -4.63. The molecule has 7 nitrogen and oxygen atoms in total. The standard InChI is InChI=1S/C20H30O7S/c1-12(2)7-14(5)26-19(21)16-9-17(11-18(10-16)28(23,24)25)20(22)27-15(6)8-13(3)4/h9-15H,7-8H2,1-6H3,(H,23,24,25). The van der Waals surface area contributed by atoms with Gasteiger partial charge in [0.2, 0.25) is 0 Å². The summed E-state index contributed by atoms with van der Waals surface area (Å²) in [5.41, 5.74) is -0.289. The second kappa shape index (κ2) is 10.0. The van der Waals surface area contributed by atoms with Crippen molar-refractivity contribution in [1.82, 2.24) is 0 Å². The molecule has 0 aliphatic heterocycles. The highest BCUT2D eigenvalue weighted by molar-refractivity contribution is 7.85. The van der Waals surface area contributed by atoms with Gasteiger partial charge in [-0.05, 0) is 56.7 Å². The van der Waals surface area contributed by atoms with E-state index in [-0.39, 0.29) is 23.3 Å². The molecule has 0 heterocycles. The minimum Gasteiger partial charge on any atom is -0.459 e. The van der Waals surface area contributed by atoms with Crippen LogP contribution in [-0.2, 0) is 19.6 Å². The van der Waals surface area contributed by atoms with Gasteiger partial charge < -0.3 is 9.47 Å². The highest BCUT2D eigenvalue weighted by Gasteiger charge is 2.22. The molecule has 28 heavy (non-hydrogen) atoms. The Morgan fingerprint density at radius 1 is 0.821 bits per heavy atom. The van der Waals surface area contributed by atoms with Gasteiger partial charge in [-0.3, -0.25) is 4.55 Å². The maximum absolute atomic E-state index is 12.4. The number of carbonyl (C=O) groups is 2. The number of benzene rings is 1. The normalized spacial score (nSPS) is 14.0. The number of carbonyl (C=O) groups excluding carboxylic acids is 2. The smallest absolute Gasteiger partial charge is 0.338 e. The van der Waals surface area contributed by atoms with Crippen LogP contribution in [0.1, 0.15) is 75.1 Å². The van der Waals surface area contributed by atoms with Crippen LogP contribution >= 0.6 is 0 Å². The summed E-state index contributed by atoms with van der Waals surface area (Å²) < 4.78 is 43.1. The fourth-order valence-corrected chi connectivity index (χ4v) is 3.46. The zero-order chi connectivity index (χ0) is 21.6. The van der Waals surface area contributed by atoms with Crippen molar-refractivity contribution in [3.63, 3.8) is 0 Å². The summed E-state index contributed by atoms with van der Waals surface area (Å²) in [6, 6.07) is 3.17. The Balaban J connectivity index is 3.16. The molecule has 1 rings (SSSR count). The largest absolute Gasteiger partial charge is 0.459 e. The molecule has 0 saturated heterocycles. The molecule has 2 unspecified atom stereocenters. The van der Waals surface area contributed by atoms with E-state index in [1.165, 1.54) is 6.07 Å². The van der Waals surface area contributed by atoms with Crippen LogP contribution in [0.15, 0.2) is 23.1 Å². The molecule has 0 aliphatic carbocycles. The van der Waals surface area contributed by atoms with Crippen molar-refractivity contribution < 1.29 is 32.0 Å². The third-order valence-electron chi connectivity index (χ3n) is 3.90. The van der Waals surface area contributed by atoms with Crippen LogP contribution in [0, 0.1) is 11.8 Å². The Kier molecular flexibility index (Phi) is 8.63. The van der Waals surface area contributed by atoms with Gasteiger partial charge in [-0.25, -0.2) is 9.59 Å². The van der Waals surface area contributed by atoms with E-state index in [1.54, 1.807) is 13.8 Å². The van der Waals surface area contributed by atoms with Gasteiger partial charge in [0.1, 0.15) is 0 Å². The molecule has 0 saturated carbocycles. The van der Waals surface area contributed by atoms with Crippen LogP contribution in [0.2, 0.25) is 0 Å². The zero-order valence-electron chi connectivity index (χ0n) is 17.3. The van der Waals surface area contributed by atoms with E-state index in [2.05, 4.69) is 0 Å². The van der Waals surface area contributed by atoms with E-state index >= 15 is 0 Å². The molecule has 158 valence electrons. The van der Waals surface area contributed by atoms with Crippen molar-refractivity contribution in [1.29, 1.82) is 0 Å². The summed E-state index contributed by atoms with van der Waals surface area (Å²) >= 11 is 0. The van der Waals surface area contributed by atoms with E-state index in [4.69, 9.17) is 9.47 Å². The van der Waals surface area contributed by atoms with E-state index in [9.17, 15) is 22.6 Å². The lowest BCUT2D eigenvalue weighted by atomic mass is 10.1. The van der Waals surface area contributed by atoms with Crippen molar-refractivity contribution in [2.24, 2.45) is 11.8 Å². The van der Waals surface area contributed by atoms with Crippen LogP contribution in [0.3, 0.4) is 0 Å². The second-order valence-corrected chi connectivity index (χ2v) is 9.33. The van der Waals surface area contributed by atoms with Gasteiger partial charge in [0.15, 0.2) is 0 Å². The van der Waals surface area contributed by atoms with E-state index in [0.717, 1.165) is 12.1 Å². The highest BCUT2D eigenvalue weighted by Crippen LogP contribution is 2.20. The average molecular weight is 415 g/mol. The number of esters is 2. The molecule has 0 bridgehead atoms. The molecule has 0 fully saturated rings. The molecule has 1 aromatic rings. The summed E-state index contributed by atoms with van der Waals surface area (Å²) in [7, 11) is -4.63. The first-order valence-electron chi connectivity index (χ1n) is 9.34. The van der Waals surface area contributed by atoms with Crippen LogP contribution < -0.4 is 0 Å². The molecular formula is C20H30O7S. The van der Waals surface area contributed by atoms with Crippen molar-refractivity contribution in [3.8, 4) is 0 Å². The lowest BCUT2D eigenvalue weighted by Gasteiger charge is -2.17. The van der Waals surface area contributed by atoms with Gasteiger partial charge in [-0.15, -0.1) is 0 Å². The van der Waals surface area contributed by atoms with Crippen molar-refractivity contribution in [3.05, 3.63) is 29.3 Å². The van der Waals surface area contributed by atoms with Gasteiger partial charge in [0.05, 0.1) is 28.2 Å². The second-order valence-electron chi connectivity index (χ2n) is 7.91. The van der Waals surface area contributed by atoms with Gasteiger partial charge >= 0.3 is 11.9 Å². The maximum atomic E-state index is 12.4. The third kappa shape index (κ3) is 7.98. The van der Waals surface area contributed by atoms with Gasteiger partial charge in [0.25, 0.3) is 10.1 Å². The first kappa shape index (κ1) is 24.1. The monoisotopic (exact) mass is 414 g/mol. The van der Waals surface area contributed by atoms with Crippen molar-refractivity contribution in [2.45, 2.75) is 71.5 Å². The fourth-order valence-electron chi connectivity index (χ4n) is 2.91. The predicted molar refractivity (Wildman–Crippen MR) is 105 cm³/mol. The first-order chi connectivity index (χ1) is 12.8. The quantitative estimate of drug-likeness (QED) is 0.478. The Morgan fingerprint density at radius 3 is 1.46 bits per heavy atom. The number of rotatable bonds is 9. The molecule has 1 aromatic carbocycles. The van der Waals surface area contributed by atoms with Crippen LogP contribution in [0.25, 0.3) is 0 Å². The summed E-state index contributed by atoms with van der Waals surface area (Å²) in [5, 5.41) is 0.